The maximum atomic E-state index is 13.1. The molecule has 3 aromatic rings. The summed E-state index contributed by atoms with van der Waals surface area (Å²) in [7, 11) is 1.68. The molecule has 1 fully saturated rings. The number of carbonyl (C=O) groups excluding carboxylic acids is 1. The molecule has 1 aromatic carbocycles. The van der Waals surface area contributed by atoms with Crippen LogP contribution in [0.15, 0.2) is 35.5 Å². The molecule has 0 bridgehead atoms. The van der Waals surface area contributed by atoms with Gasteiger partial charge in [0.15, 0.2) is 16.8 Å². The zero-order valence-corrected chi connectivity index (χ0v) is 20.8. The quantitative estimate of drug-likeness (QED) is 0.301. The lowest BCUT2D eigenvalue weighted by Gasteiger charge is -2.14. The highest BCUT2D eigenvalue weighted by Crippen LogP contribution is 2.28. The number of halogens is 1. The number of nitrogens with zero attached hydrogens (tertiary/aromatic N) is 4. The van der Waals surface area contributed by atoms with Gasteiger partial charge in [0.1, 0.15) is 0 Å². The van der Waals surface area contributed by atoms with Crippen molar-refractivity contribution in [2.45, 2.75) is 51.0 Å². The standard InChI is InChI=1S/C24H29ClN4O3S/c1-16-13-21(17(2)28(16)10-12-31-3)22(30)15-33-24-27-26-23(18-6-8-19(25)9-7-18)29(24)14-20-5-4-11-32-20/h6-9,13,20H,4-5,10-12,14-15H2,1-3H3/t20-/m0/s1. The molecule has 33 heavy (non-hydrogen) atoms. The van der Waals surface area contributed by atoms with Gasteiger partial charge in [0.05, 0.1) is 25.0 Å². The van der Waals surface area contributed by atoms with Crippen molar-refractivity contribution in [3.63, 3.8) is 0 Å². The first kappa shape index (κ1) is 24.0. The Bertz CT molecular complexity index is 1100. The summed E-state index contributed by atoms with van der Waals surface area (Å²) in [5.74, 6) is 1.13. The minimum absolute atomic E-state index is 0.0801. The van der Waals surface area contributed by atoms with Crippen molar-refractivity contribution >= 4 is 29.1 Å². The Morgan fingerprint density at radius 3 is 2.73 bits per heavy atom. The summed E-state index contributed by atoms with van der Waals surface area (Å²) < 4.78 is 15.3. The first-order valence-corrected chi connectivity index (χ1v) is 12.5. The number of aromatic nitrogens is 4. The monoisotopic (exact) mass is 488 g/mol. The number of thioether (sulfide) groups is 1. The van der Waals surface area contributed by atoms with Crippen molar-refractivity contribution in [1.29, 1.82) is 0 Å². The topological polar surface area (TPSA) is 71.2 Å². The van der Waals surface area contributed by atoms with E-state index in [1.54, 1.807) is 7.11 Å². The molecule has 7 nitrogen and oxygen atoms in total. The number of Topliss-reactive ketones (excluding diaryl/α,β-unsaturated/α-hetero) is 1. The van der Waals surface area contributed by atoms with E-state index < -0.39 is 0 Å². The van der Waals surface area contributed by atoms with Crippen LogP contribution in [0.4, 0.5) is 0 Å². The lowest BCUT2D eigenvalue weighted by atomic mass is 10.2. The van der Waals surface area contributed by atoms with Crippen molar-refractivity contribution in [1.82, 2.24) is 19.3 Å². The summed E-state index contributed by atoms with van der Waals surface area (Å²) in [5.41, 5.74) is 3.71. The molecule has 0 N–H and O–H groups in total. The Labute approximate surface area is 203 Å². The predicted molar refractivity (Wildman–Crippen MR) is 130 cm³/mol. The third-order valence-electron chi connectivity index (χ3n) is 5.95. The molecule has 2 aromatic heterocycles. The van der Waals surface area contributed by atoms with Gasteiger partial charge in [-0.1, -0.05) is 23.4 Å². The largest absolute Gasteiger partial charge is 0.383 e. The van der Waals surface area contributed by atoms with Gasteiger partial charge in [-0.25, -0.2) is 0 Å². The lowest BCUT2D eigenvalue weighted by molar-refractivity contribution is 0.0953. The van der Waals surface area contributed by atoms with Gasteiger partial charge in [-0.15, -0.1) is 10.2 Å². The molecule has 0 unspecified atom stereocenters. The van der Waals surface area contributed by atoms with E-state index in [0.29, 0.717) is 23.9 Å². The minimum Gasteiger partial charge on any atom is -0.383 e. The fraction of sp³-hybridized carbons (Fsp3) is 0.458. The van der Waals surface area contributed by atoms with Crippen molar-refractivity contribution in [2.75, 3.05) is 26.1 Å². The van der Waals surface area contributed by atoms with Gasteiger partial charge >= 0.3 is 0 Å². The number of aryl methyl sites for hydroxylation is 1. The van der Waals surface area contributed by atoms with E-state index in [1.165, 1.54) is 11.8 Å². The molecule has 1 aliphatic heterocycles. The second-order valence-electron chi connectivity index (χ2n) is 8.20. The van der Waals surface area contributed by atoms with Crippen molar-refractivity contribution in [2.24, 2.45) is 0 Å². The fourth-order valence-corrected chi connectivity index (χ4v) is 5.14. The van der Waals surface area contributed by atoms with Crippen LogP contribution in [0.25, 0.3) is 11.4 Å². The Morgan fingerprint density at radius 1 is 1.24 bits per heavy atom. The maximum Gasteiger partial charge on any atom is 0.192 e. The molecule has 0 amide bonds. The van der Waals surface area contributed by atoms with Gasteiger partial charge in [0.2, 0.25) is 0 Å². The lowest BCUT2D eigenvalue weighted by Crippen LogP contribution is -2.17. The van der Waals surface area contributed by atoms with Crippen molar-refractivity contribution in [3.05, 3.63) is 52.3 Å². The number of ether oxygens (including phenoxy) is 2. The molecule has 1 saturated heterocycles. The second-order valence-corrected chi connectivity index (χ2v) is 9.58. The van der Waals surface area contributed by atoms with Gasteiger partial charge in [-0.3, -0.25) is 9.36 Å². The van der Waals surface area contributed by atoms with Crippen molar-refractivity contribution in [3.8, 4) is 11.4 Å². The molecule has 176 valence electrons. The fourth-order valence-electron chi connectivity index (χ4n) is 4.18. The highest BCUT2D eigenvalue weighted by atomic mass is 35.5. The molecule has 0 radical (unpaired) electrons. The molecule has 0 saturated carbocycles. The number of carbonyl (C=O) groups is 1. The molecule has 1 atom stereocenters. The van der Waals surface area contributed by atoms with Gasteiger partial charge < -0.3 is 14.0 Å². The number of ketones is 1. The Balaban J connectivity index is 1.54. The normalized spacial score (nSPS) is 15.9. The number of rotatable bonds is 10. The molecule has 3 heterocycles. The molecule has 0 spiro atoms. The summed E-state index contributed by atoms with van der Waals surface area (Å²) in [5, 5.41) is 10.3. The first-order chi connectivity index (χ1) is 16.0. The van der Waals surface area contributed by atoms with E-state index >= 15 is 0 Å². The first-order valence-electron chi connectivity index (χ1n) is 11.1. The molecule has 0 aliphatic carbocycles. The highest BCUT2D eigenvalue weighted by Gasteiger charge is 2.23. The van der Waals surface area contributed by atoms with E-state index in [1.807, 2.05) is 44.2 Å². The van der Waals surface area contributed by atoms with Crippen molar-refractivity contribution < 1.29 is 14.3 Å². The van der Waals surface area contributed by atoms with E-state index in [0.717, 1.165) is 59.5 Å². The van der Waals surface area contributed by atoms with E-state index in [2.05, 4.69) is 19.3 Å². The van der Waals surface area contributed by atoms with Crippen LogP contribution in [0.3, 0.4) is 0 Å². The van der Waals surface area contributed by atoms with Gasteiger partial charge in [-0.05, 0) is 57.0 Å². The zero-order valence-electron chi connectivity index (χ0n) is 19.2. The molecular weight excluding hydrogens is 460 g/mol. The van der Waals surface area contributed by atoms with E-state index in [-0.39, 0.29) is 11.9 Å². The smallest absolute Gasteiger partial charge is 0.192 e. The number of hydrogen-bond donors (Lipinski definition) is 0. The minimum atomic E-state index is 0.0801. The van der Waals surface area contributed by atoms with Crippen LogP contribution in [0.1, 0.15) is 34.6 Å². The molecular formula is C24H29ClN4O3S. The van der Waals surface area contributed by atoms with Crippen LogP contribution in [0, 0.1) is 13.8 Å². The van der Waals surface area contributed by atoms with Crippen LogP contribution in [-0.4, -0.2) is 57.3 Å². The highest BCUT2D eigenvalue weighted by molar-refractivity contribution is 7.99. The SMILES string of the molecule is COCCn1c(C)cc(C(=O)CSc2nnc(-c3ccc(Cl)cc3)n2C[C@@H]2CCCO2)c1C. The third-order valence-corrected chi connectivity index (χ3v) is 7.17. The number of benzene rings is 1. The maximum absolute atomic E-state index is 13.1. The van der Waals surface area contributed by atoms with E-state index in [9.17, 15) is 4.79 Å². The third kappa shape index (κ3) is 5.51. The summed E-state index contributed by atoms with van der Waals surface area (Å²) in [6.45, 7) is 6.78. The van der Waals surface area contributed by atoms with Crippen LogP contribution in [0.2, 0.25) is 5.02 Å². The molecule has 4 rings (SSSR count). The van der Waals surface area contributed by atoms with Crippen LogP contribution in [0.5, 0.6) is 0 Å². The summed E-state index contributed by atoms with van der Waals surface area (Å²) in [4.78, 5) is 13.1. The average molecular weight is 489 g/mol. The van der Waals surface area contributed by atoms with Gasteiger partial charge in [-0.2, -0.15) is 0 Å². The number of methoxy groups -OCH3 is 1. The van der Waals surface area contributed by atoms with Crippen LogP contribution < -0.4 is 0 Å². The average Bonchev–Trinajstić information content (AvgIpc) is 3.52. The molecule has 9 heteroatoms. The molecule has 1 aliphatic rings. The Morgan fingerprint density at radius 2 is 2.03 bits per heavy atom. The van der Waals surface area contributed by atoms with Gasteiger partial charge in [0.25, 0.3) is 0 Å². The van der Waals surface area contributed by atoms with Gasteiger partial charge in [0, 0.05) is 47.8 Å². The van der Waals surface area contributed by atoms with Crippen LogP contribution >= 0.6 is 23.4 Å². The summed E-state index contributed by atoms with van der Waals surface area (Å²) >= 11 is 7.48. The Kier molecular flexibility index (Phi) is 7.90. The predicted octanol–water partition coefficient (Wildman–Crippen LogP) is 4.82. The summed E-state index contributed by atoms with van der Waals surface area (Å²) in [6.07, 6.45) is 2.19. The van der Waals surface area contributed by atoms with E-state index in [4.69, 9.17) is 21.1 Å². The summed E-state index contributed by atoms with van der Waals surface area (Å²) in [6, 6.07) is 9.53. The zero-order chi connectivity index (χ0) is 23.4. The van der Waals surface area contributed by atoms with Crippen LogP contribution in [-0.2, 0) is 22.6 Å². The Hall–Kier alpha value is -2.13. The second kappa shape index (κ2) is 10.9. The number of hydrogen-bond acceptors (Lipinski definition) is 6.